The van der Waals surface area contributed by atoms with Crippen molar-refractivity contribution in [2.75, 3.05) is 0 Å². The van der Waals surface area contributed by atoms with Crippen LogP contribution in [0, 0.1) is 6.92 Å². The first kappa shape index (κ1) is 11.0. The summed E-state index contributed by atoms with van der Waals surface area (Å²) in [6.45, 7) is 8.23. The molecule has 0 N–H and O–H groups in total. The van der Waals surface area contributed by atoms with Crippen molar-refractivity contribution in [2.45, 2.75) is 33.1 Å². The summed E-state index contributed by atoms with van der Waals surface area (Å²) in [5.74, 6) is 0. The van der Waals surface area contributed by atoms with Crippen LogP contribution in [0.4, 0.5) is 0 Å². The van der Waals surface area contributed by atoms with Gasteiger partial charge in [-0.2, -0.15) is 0 Å². The van der Waals surface area contributed by atoms with Gasteiger partial charge in [-0.05, 0) is 42.9 Å². The van der Waals surface area contributed by atoms with Gasteiger partial charge in [0, 0.05) is 0 Å². The summed E-state index contributed by atoms with van der Waals surface area (Å²) in [6, 6.07) is 6.57. The minimum Gasteiger partial charge on any atom is -0.0839 e. The highest BCUT2D eigenvalue weighted by Gasteiger charge is 2.01. The zero-order valence-corrected chi connectivity index (χ0v) is 9.22. The van der Waals surface area contributed by atoms with E-state index in [2.05, 4.69) is 51.1 Å². The van der Waals surface area contributed by atoms with Crippen molar-refractivity contribution in [2.24, 2.45) is 0 Å². The molecule has 0 aromatic heterocycles. The lowest BCUT2D eigenvalue weighted by Crippen LogP contribution is -1.92. The predicted octanol–water partition coefficient (Wildman–Crippen LogP) is 4.05. The second-order valence-corrected chi connectivity index (χ2v) is 3.39. The number of hydrogen-bond acceptors (Lipinski definition) is 0. The van der Waals surface area contributed by atoms with Crippen LogP contribution in [-0.4, -0.2) is 0 Å². The normalized spacial score (nSPS) is 11.1. The summed E-state index contributed by atoms with van der Waals surface area (Å²) in [7, 11) is 0. The van der Waals surface area contributed by atoms with Gasteiger partial charge >= 0.3 is 0 Å². The minimum atomic E-state index is 0.862. The lowest BCUT2D eigenvalue weighted by molar-refractivity contribution is 1.08. The second kappa shape index (κ2) is 5.64. The molecule has 1 rings (SSSR count). The van der Waals surface area contributed by atoms with Crippen molar-refractivity contribution in [1.82, 2.24) is 0 Å². The number of allylic oxidation sites excluding steroid dienone is 1. The SMILES string of the molecule is [CH2]CC=Cc1c(CC)cccc1CC. The standard InChI is InChI=1S/C14H19/c1-4-7-11-14-12(5-2)9-8-10-13(14)6-3/h7-11H,1,4-6H2,2-3H3. The highest BCUT2D eigenvalue weighted by Crippen LogP contribution is 2.18. The molecule has 0 saturated carbocycles. The smallest absolute Gasteiger partial charge is 0.0196 e. The van der Waals surface area contributed by atoms with Gasteiger partial charge in [-0.25, -0.2) is 0 Å². The Morgan fingerprint density at radius 3 is 2.14 bits per heavy atom. The Morgan fingerprint density at radius 2 is 1.71 bits per heavy atom. The van der Waals surface area contributed by atoms with Crippen molar-refractivity contribution in [3.8, 4) is 0 Å². The average molecular weight is 187 g/mol. The van der Waals surface area contributed by atoms with Crippen molar-refractivity contribution >= 4 is 6.08 Å². The van der Waals surface area contributed by atoms with E-state index >= 15 is 0 Å². The van der Waals surface area contributed by atoms with E-state index in [1.54, 1.807) is 0 Å². The fourth-order valence-corrected chi connectivity index (χ4v) is 1.70. The molecular formula is C14H19. The van der Waals surface area contributed by atoms with Gasteiger partial charge in [0.15, 0.2) is 0 Å². The van der Waals surface area contributed by atoms with Crippen LogP contribution in [0.1, 0.15) is 37.0 Å². The highest BCUT2D eigenvalue weighted by molar-refractivity contribution is 5.58. The highest BCUT2D eigenvalue weighted by atomic mass is 14.1. The van der Waals surface area contributed by atoms with Crippen molar-refractivity contribution in [3.05, 3.63) is 47.9 Å². The molecule has 0 bridgehead atoms. The Labute approximate surface area is 87.7 Å². The maximum absolute atomic E-state index is 3.82. The molecule has 0 aliphatic heterocycles. The molecule has 14 heavy (non-hydrogen) atoms. The molecule has 0 heteroatoms. The van der Waals surface area contributed by atoms with Crippen LogP contribution in [-0.2, 0) is 12.8 Å². The molecule has 0 amide bonds. The van der Waals surface area contributed by atoms with Crippen LogP contribution in [0.5, 0.6) is 0 Å². The van der Waals surface area contributed by atoms with Crippen molar-refractivity contribution < 1.29 is 0 Å². The maximum atomic E-state index is 3.82. The summed E-state index contributed by atoms with van der Waals surface area (Å²) >= 11 is 0. The lowest BCUT2D eigenvalue weighted by atomic mass is 9.97. The van der Waals surface area contributed by atoms with Crippen LogP contribution in [0.25, 0.3) is 6.08 Å². The maximum Gasteiger partial charge on any atom is -0.0196 e. The molecule has 1 radical (unpaired) electrons. The lowest BCUT2D eigenvalue weighted by Gasteiger charge is -2.08. The number of benzene rings is 1. The Hall–Kier alpha value is -1.04. The van der Waals surface area contributed by atoms with E-state index in [0.29, 0.717) is 0 Å². The van der Waals surface area contributed by atoms with E-state index in [0.717, 1.165) is 19.3 Å². The van der Waals surface area contributed by atoms with Gasteiger partial charge in [-0.3, -0.25) is 0 Å². The number of rotatable bonds is 4. The van der Waals surface area contributed by atoms with Crippen LogP contribution in [0.3, 0.4) is 0 Å². The van der Waals surface area contributed by atoms with Crippen LogP contribution < -0.4 is 0 Å². The Kier molecular flexibility index (Phi) is 4.45. The van der Waals surface area contributed by atoms with Gasteiger partial charge in [0.2, 0.25) is 0 Å². The molecule has 1 aromatic carbocycles. The van der Waals surface area contributed by atoms with Crippen molar-refractivity contribution in [3.63, 3.8) is 0 Å². The van der Waals surface area contributed by atoms with Gasteiger partial charge in [0.25, 0.3) is 0 Å². The molecule has 0 fully saturated rings. The minimum absolute atomic E-state index is 0.862. The first-order chi connectivity index (χ1) is 6.83. The second-order valence-electron chi connectivity index (χ2n) is 3.39. The average Bonchev–Trinajstić information content (AvgIpc) is 2.25. The number of aryl methyl sites for hydroxylation is 2. The van der Waals surface area contributed by atoms with E-state index in [4.69, 9.17) is 0 Å². The molecular weight excluding hydrogens is 168 g/mol. The molecule has 0 unspecified atom stereocenters. The summed E-state index contributed by atoms with van der Waals surface area (Å²) < 4.78 is 0. The van der Waals surface area contributed by atoms with E-state index < -0.39 is 0 Å². The van der Waals surface area contributed by atoms with Gasteiger partial charge in [0.1, 0.15) is 0 Å². The van der Waals surface area contributed by atoms with Gasteiger partial charge in [-0.15, -0.1) is 0 Å². The van der Waals surface area contributed by atoms with E-state index in [1.165, 1.54) is 16.7 Å². The fraction of sp³-hybridized carbons (Fsp3) is 0.357. The monoisotopic (exact) mass is 187 g/mol. The molecule has 0 heterocycles. The molecule has 0 nitrogen and oxygen atoms in total. The molecule has 0 aliphatic rings. The molecule has 0 atom stereocenters. The van der Waals surface area contributed by atoms with Gasteiger partial charge in [0.05, 0.1) is 0 Å². The molecule has 0 spiro atoms. The molecule has 0 aliphatic carbocycles. The zero-order valence-electron chi connectivity index (χ0n) is 9.22. The molecule has 0 saturated heterocycles. The summed E-state index contributed by atoms with van der Waals surface area (Å²) in [6.07, 6.45) is 7.41. The van der Waals surface area contributed by atoms with Crippen molar-refractivity contribution in [1.29, 1.82) is 0 Å². The summed E-state index contributed by atoms with van der Waals surface area (Å²) in [5.41, 5.74) is 4.28. The van der Waals surface area contributed by atoms with E-state index in [1.807, 2.05) is 0 Å². The number of hydrogen-bond donors (Lipinski definition) is 0. The molecule has 1 aromatic rings. The quantitative estimate of drug-likeness (QED) is 0.667. The van der Waals surface area contributed by atoms with E-state index in [-0.39, 0.29) is 0 Å². The van der Waals surface area contributed by atoms with Gasteiger partial charge < -0.3 is 0 Å². The predicted molar refractivity (Wildman–Crippen MR) is 64.2 cm³/mol. The third kappa shape index (κ3) is 2.47. The molecule has 75 valence electrons. The fourth-order valence-electron chi connectivity index (χ4n) is 1.70. The van der Waals surface area contributed by atoms with Crippen LogP contribution in [0.15, 0.2) is 24.3 Å². The van der Waals surface area contributed by atoms with E-state index in [9.17, 15) is 0 Å². The Morgan fingerprint density at radius 1 is 1.14 bits per heavy atom. The third-order valence-corrected chi connectivity index (χ3v) is 2.50. The Balaban J connectivity index is 3.12. The van der Waals surface area contributed by atoms with Crippen LogP contribution >= 0.6 is 0 Å². The first-order valence-electron chi connectivity index (χ1n) is 5.40. The Bertz CT molecular complexity index is 286. The zero-order chi connectivity index (χ0) is 10.4. The summed E-state index contributed by atoms with van der Waals surface area (Å²) in [4.78, 5) is 0. The topological polar surface area (TPSA) is 0 Å². The largest absolute Gasteiger partial charge is 0.0839 e. The summed E-state index contributed by atoms with van der Waals surface area (Å²) in [5, 5.41) is 0. The third-order valence-electron chi connectivity index (χ3n) is 2.50. The van der Waals surface area contributed by atoms with Crippen LogP contribution in [0.2, 0.25) is 0 Å². The van der Waals surface area contributed by atoms with Gasteiger partial charge in [-0.1, -0.05) is 44.2 Å². The first-order valence-corrected chi connectivity index (χ1v) is 5.40.